The quantitative estimate of drug-likeness (QED) is 0.158. The van der Waals surface area contributed by atoms with Crippen LogP contribution < -0.4 is 0 Å². The van der Waals surface area contributed by atoms with Gasteiger partial charge in [-0.05, 0) is 0 Å². The minimum absolute atomic E-state index is 0.230. The Morgan fingerprint density at radius 2 is 1.33 bits per heavy atom. The van der Waals surface area contributed by atoms with Crippen molar-refractivity contribution in [2.24, 2.45) is 0 Å². The Kier molecular flexibility index (Phi) is 8.77. The van der Waals surface area contributed by atoms with Crippen LogP contribution in [-0.4, -0.2) is 117 Å². The zero-order valence-corrected chi connectivity index (χ0v) is 14.8. The minimum Gasteiger partial charge on any atom is -0.394 e. The summed E-state index contributed by atoms with van der Waals surface area (Å²) in [6, 6.07) is 0. The molecular formula is C16H29O11-. The van der Waals surface area contributed by atoms with Crippen LogP contribution in [0.15, 0.2) is 0 Å². The highest BCUT2D eigenvalue weighted by atomic mass is 16.7. The fourth-order valence-electron chi connectivity index (χ4n) is 2.99. The molecule has 2 fully saturated rings. The highest BCUT2D eigenvalue weighted by Gasteiger charge is 2.50. The maximum absolute atomic E-state index is 10.4. The van der Waals surface area contributed by atoms with Crippen molar-refractivity contribution in [2.75, 3.05) is 19.8 Å². The topological polar surface area (TPSA) is 179 Å². The molecule has 11 nitrogen and oxygen atoms in total. The molecule has 0 amide bonds. The number of aliphatic hydroxyl groups is 7. The van der Waals surface area contributed by atoms with E-state index < -0.39 is 74.6 Å². The molecule has 0 aromatic carbocycles. The van der Waals surface area contributed by atoms with Gasteiger partial charge in [0.05, 0.1) is 13.2 Å². The fraction of sp³-hybridized carbons (Fsp3) is 0.938. The van der Waals surface area contributed by atoms with Gasteiger partial charge in [-0.15, -0.1) is 0 Å². The largest absolute Gasteiger partial charge is 0.394 e. The summed E-state index contributed by atoms with van der Waals surface area (Å²) in [6.45, 7) is 2.64. The van der Waals surface area contributed by atoms with Crippen molar-refractivity contribution in [3.05, 3.63) is 6.92 Å². The average molecular weight is 397 g/mol. The molecule has 0 aromatic heterocycles. The number of hydrogen-bond acceptors (Lipinski definition) is 11. The van der Waals surface area contributed by atoms with E-state index in [2.05, 4.69) is 6.92 Å². The lowest BCUT2D eigenvalue weighted by Gasteiger charge is -2.45. The van der Waals surface area contributed by atoms with E-state index in [1.807, 2.05) is 0 Å². The first-order chi connectivity index (χ1) is 12.8. The molecule has 27 heavy (non-hydrogen) atoms. The molecule has 2 heterocycles. The summed E-state index contributed by atoms with van der Waals surface area (Å²) in [5, 5.41) is 69.0. The average Bonchev–Trinajstić information content (AvgIpc) is 2.67. The number of hydrogen-bond donors (Lipinski definition) is 7. The maximum Gasteiger partial charge on any atom is 0.187 e. The van der Waals surface area contributed by atoms with E-state index in [9.17, 15) is 35.7 Å². The first-order valence-electron chi connectivity index (χ1n) is 8.85. The third-order valence-corrected chi connectivity index (χ3v) is 4.64. The van der Waals surface area contributed by atoms with Gasteiger partial charge in [-0.3, -0.25) is 0 Å². The smallest absolute Gasteiger partial charge is 0.187 e. The second kappa shape index (κ2) is 10.4. The fourth-order valence-corrected chi connectivity index (χ4v) is 2.99. The molecule has 2 saturated heterocycles. The molecule has 2 aliphatic heterocycles. The van der Waals surface area contributed by atoms with E-state index in [0.717, 1.165) is 0 Å². The highest BCUT2D eigenvalue weighted by molar-refractivity contribution is 4.94. The van der Waals surface area contributed by atoms with Gasteiger partial charge in [0.2, 0.25) is 0 Å². The molecule has 7 N–H and O–H groups in total. The van der Waals surface area contributed by atoms with Crippen LogP contribution >= 0.6 is 0 Å². The monoisotopic (exact) mass is 397 g/mol. The molecule has 10 atom stereocenters. The van der Waals surface area contributed by atoms with Crippen molar-refractivity contribution in [3.8, 4) is 0 Å². The number of unbranched alkanes of at least 4 members (excludes halogenated alkanes) is 1. The standard InChI is InChI=1S/C16H29O11/c1-2-3-4-24-15-13(23)11(21)14(8(6-18)26-15)27-16-12(22)10(20)9(19)7(5-17)25-16/h7-23H,1-6H2/q-1/t7-,8-,9-,10+,11-,12-,13-,14-,15-,16-/m1/s1. The van der Waals surface area contributed by atoms with E-state index in [1.54, 1.807) is 0 Å². The van der Waals surface area contributed by atoms with Crippen molar-refractivity contribution in [1.29, 1.82) is 0 Å². The lowest BCUT2D eigenvalue weighted by molar-refractivity contribution is -0.359. The van der Waals surface area contributed by atoms with Gasteiger partial charge in [0, 0.05) is 6.61 Å². The molecule has 0 unspecified atom stereocenters. The molecular weight excluding hydrogens is 368 g/mol. The number of rotatable bonds is 8. The summed E-state index contributed by atoms with van der Waals surface area (Å²) >= 11 is 0. The van der Waals surface area contributed by atoms with Crippen molar-refractivity contribution in [2.45, 2.75) is 74.3 Å². The van der Waals surface area contributed by atoms with Gasteiger partial charge in [0.15, 0.2) is 12.6 Å². The molecule has 0 bridgehead atoms. The third-order valence-electron chi connectivity index (χ3n) is 4.64. The summed E-state index contributed by atoms with van der Waals surface area (Å²) in [4.78, 5) is 0. The predicted molar refractivity (Wildman–Crippen MR) is 86.9 cm³/mol. The Labute approximate surface area is 156 Å². The van der Waals surface area contributed by atoms with Crippen molar-refractivity contribution >= 4 is 0 Å². The van der Waals surface area contributed by atoms with Crippen LogP contribution in [0.3, 0.4) is 0 Å². The zero-order chi connectivity index (χ0) is 20.1. The zero-order valence-electron chi connectivity index (χ0n) is 14.8. The molecule has 2 rings (SSSR count). The van der Waals surface area contributed by atoms with Crippen LogP contribution in [0, 0.1) is 6.92 Å². The van der Waals surface area contributed by atoms with Gasteiger partial charge in [0.25, 0.3) is 0 Å². The molecule has 160 valence electrons. The van der Waals surface area contributed by atoms with E-state index in [1.165, 1.54) is 0 Å². The predicted octanol–water partition coefficient (Wildman–Crippen LogP) is -3.76. The first kappa shape index (κ1) is 22.8. The molecule has 0 saturated carbocycles. The molecule has 2 aliphatic rings. The van der Waals surface area contributed by atoms with Gasteiger partial charge in [-0.25, -0.2) is 0 Å². The van der Waals surface area contributed by atoms with Crippen LogP contribution in [-0.2, 0) is 18.9 Å². The molecule has 11 heteroatoms. The molecule has 0 spiro atoms. The number of aliphatic hydroxyl groups excluding tert-OH is 7. The summed E-state index contributed by atoms with van der Waals surface area (Å²) in [5.74, 6) is 0. The Bertz CT molecular complexity index is 435. The maximum atomic E-state index is 10.4. The second-order valence-corrected chi connectivity index (χ2v) is 6.58. The lowest BCUT2D eigenvalue weighted by Crippen LogP contribution is -2.64. The molecule has 0 aromatic rings. The van der Waals surface area contributed by atoms with Crippen LogP contribution in [0.2, 0.25) is 0 Å². The van der Waals surface area contributed by atoms with Crippen LogP contribution in [0.4, 0.5) is 0 Å². The Morgan fingerprint density at radius 3 is 1.93 bits per heavy atom. The van der Waals surface area contributed by atoms with E-state index in [4.69, 9.17) is 18.9 Å². The van der Waals surface area contributed by atoms with Crippen molar-refractivity contribution < 1.29 is 54.7 Å². The molecule has 0 aliphatic carbocycles. The van der Waals surface area contributed by atoms with Gasteiger partial charge >= 0.3 is 0 Å². The lowest BCUT2D eigenvalue weighted by atomic mass is 9.97. The van der Waals surface area contributed by atoms with Gasteiger partial charge in [0.1, 0.15) is 48.8 Å². The van der Waals surface area contributed by atoms with E-state index in [-0.39, 0.29) is 6.61 Å². The van der Waals surface area contributed by atoms with Crippen LogP contribution in [0.25, 0.3) is 0 Å². The summed E-state index contributed by atoms with van der Waals surface area (Å²) in [6.07, 6.45) is -13.2. The SMILES string of the molecule is [CH2-]CCCO[C@@H]1O[C@H](CO)[C@@H](O[C@H]2O[C@H](CO)[C@@H](O)[C@H](O)[C@H]2O)[C@H](O)[C@H]1O. The van der Waals surface area contributed by atoms with E-state index >= 15 is 0 Å². The summed E-state index contributed by atoms with van der Waals surface area (Å²) in [5.41, 5.74) is 0. The van der Waals surface area contributed by atoms with E-state index in [0.29, 0.717) is 12.8 Å². The minimum atomic E-state index is -1.70. The van der Waals surface area contributed by atoms with Gasteiger partial charge in [-0.2, -0.15) is 6.42 Å². The van der Waals surface area contributed by atoms with Crippen molar-refractivity contribution in [1.82, 2.24) is 0 Å². The van der Waals surface area contributed by atoms with Crippen LogP contribution in [0.1, 0.15) is 12.8 Å². The Balaban J connectivity index is 2.06. The Hall–Kier alpha value is -0.440. The van der Waals surface area contributed by atoms with Crippen molar-refractivity contribution in [3.63, 3.8) is 0 Å². The molecule has 0 radical (unpaired) electrons. The first-order valence-corrected chi connectivity index (χ1v) is 8.85. The van der Waals surface area contributed by atoms with Crippen LogP contribution in [0.5, 0.6) is 0 Å². The number of ether oxygens (including phenoxy) is 4. The highest BCUT2D eigenvalue weighted by Crippen LogP contribution is 2.29. The summed E-state index contributed by atoms with van der Waals surface area (Å²) in [7, 11) is 0. The summed E-state index contributed by atoms with van der Waals surface area (Å²) < 4.78 is 21.4. The second-order valence-electron chi connectivity index (χ2n) is 6.58. The normalized spacial score (nSPS) is 45.8. The van der Waals surface area contributed by atoms with Gasteiger partial charge in [-0.1, -0.05) is 6.42 Å². The Morgan fingerprint density at radius 1 is 0.741 bits per heavy atom. The van der Waals surface area contributed by atoms with Gasteiger partial charge < -0.3 is 61.6 Å². The third kappa shape index (κ3) is 5.14.